The van der Waals surface area contributed by atoms with Crippen LogP contribution in [0.15, 0.2) is 17.7 Å². The Labute approximate surface area is 161 Å². The lowest BCUT2D eigenvalue weighted by atomic mass is 9.78. The summed E-state index contributed by atoms with van der Waals surface area (Å²) in [7, 11) is 0. The fraction of sp³-hybridized carbons (Fsp3) is 0.500. The fourth-order valence-corrected chi connectivity index (χ4v) is 3.68. The molecule has 1 spiro atoms. The van der Waals surface area contributed by atoms with Gasteiger partial charge >= 0.3 is 6.09 Å². The largest absolute Gasteiger partial charge is 0.506 e. The van der Waals surface area contributed by atoms with Crippen LogP contribution in [0.25, 0.3) is 5.76 Å². The second-order valence-corrected chi connectivity index (χ2v) is 8.10. The summed E-state index contributed by atoms with van der Waals surface area (Å²) in [5, 5.41) is 10.6. The number of carbonyl (C=O) groups excluding carboxylic acids is 2. The van der Waals surface area contributed by atoms with Crippen LogP contribution in [0.4, 0.5) is 13.6 Å². The summed E-state index contributed by atoms with van der Waals surface area (Å²) in [6.07, 6.45) is -0.154. The van der Waals surface area contributed by atoms with E-state index < -0.39 is 40.5 Å². The van der Waals surface area contributed by atoms with E-state index in [-0.39, 0.29) is 42.8 Å². The molecule has 3 rings (SSSR count). The maximum Gasteiger partial charge on any atom is 0.410 e. The predicted octanol–water partition coefficient (Wildman–Crippen LogP) is 3.99. The average Bonchev–Trinajstić information content (AvgIpc) is 2.52. The first kappa shape index (κ1) is 20.1. The van der Waals surface area contributed by atoms with Gasteiger partial charge in [-0.05, 0) is 27.7 Å². The molecule has 1 aromatic carbocycles. The van der Waals surface area contributed by atoms with Crippen molar-refractivity contribution in [2.75, 3.05) is 13.1 Å². The van der Waals surface area contributed by atoms with Gasteiger partial charge in [0.05, 0.1) is 11.1 Å². The first-order valence-corrected chi connectivity index (χ1v) is 9.04. The maximum atomic E-state index is 14.2. The van der Waals surface area contributed by atoms with Gasteiger partial charge in [0.15, 0.2) is 5.78 Å². The van der Waals surface area contributed by atoms with Crippen LogP contribution in [0, 0.1) is 11.6 Å². The number of nitrogens with zero attached hydrogens (tertiary/aromatic N) is 1. The van der Waals surface area contributed by atoms with Crippen molar-refractivity contribution in [2.24, 2.45) is 0 Å². The average molecular weight is 395 g/mol. The minimum Gasteiger partial charge on any atom is -0.506 e. The van der Waals surface area contributed by atoms with Crippen molar-refractivity contribution in [3.63, 3.8) is 0 Å². The fourth-order valence-electron chi connectivity index (χ4n) is 3.68. The summed E-state index contributed by atoms with van der Waals surface area (Å²) in [5.41, 5.74) is -2.30. The lowest BCUT2D eigenvalue weighted by Crippen LogP contribution is -2.54. The summed E-state index contributed by atoms with van der Waals surface area (Å²) in [6.45, 7) is 6.93. The molecule has 0 radical (unpaired) electrons. The maximum absolute atomic E-state index is 14.2. The summed E-state index contributed by atoms with van der Waals surface area (Å²) in [4.78, 5) is 26.0. The van der Waals surface area contributed by atoms with E-state index in [1.807, 2.05) is 0 Å². The number of rotatable bonds is 1. The molecule has 0 atom stereocenters. The molecule has 1 aromatic rings. The Hall–Kier alpha value is -2.64. The molecule has 152 valence electrons. The molecule has 1 fully saturated rings. The van der Waals surface area contributed by atoms with E-state index in [2.05, 4.69) is 0 Å². The van der Waals surface area contributed by atoms with Crippen LogP contribution < -0.4 is 4.74 Å². The van der Waals surface area contributed by atoms with E-state index in [1.165, 1.54) is 11.8 Å². The molecule has 6 nitrogen and oxygen atoms in total. The highest BCUT2D eigenvalue weighted by Gasteiger charge is 2.49. The second kappa shape index (κ2) is 6.76. The van der Waals surface area contributed by atoms with Crippen LogP contribution in [0.3, 0.4) is 0 Å². The van der Waals surface area contributed by atoms with Gasteiger partial charge in [0.2, 0.25) is 0 Å². The van der Waals surface area contributed by atoms with Gasteiger partial charge in [-0.1, -0.05) is 0 Å². The van der Waals surface area contributed by atoms with Gasteiger partial charge in [-0.3, -0.25) is 4.79 Å². The highest BCUT2D eigenvalue weighted by molar-refractivity contribution is 6.03. The van der Waals surface area contributed by atoms with Crippen molar-refractivity contribution >= 4 is 17.6 Å². The number of aliphatic hydroxyl groups is 1. The summed E-state index contributed by atoms with van der Waals surface area (Å²) in [5.74, 6) is -3.04. The Morgan fingerprint density at radius 2 is 1.82 bits per heavy atom. The van der Waals surface area contributed by atoms with Crippen LogP contribution in [0.2, 0.25) is 0 Å². The van der Waals surface area contributed by atoms with Crippen LogP contribution in [-0.2, 0) is 9.53 Å². The lowest BCUT2D eigenvalue weighted by Gasteiger charge is -2.45. The van der Waals surface area contributed by atoms with Crippen molar-refractivity contribution in [1.82, 2.24) is 4.90 Å². The smallest absolute Gasteiger partial charge is 0.410 e. The van der Waals surface area contributed by atoms with Gasteiger partial charge in [0.25, 0.3) is 0 Å². The Bertz CT molecular complexity index is 864. The minimum atomic E-state index is -1.26. The Morgan fingerprint density at radius 1 is 1.21 bits per heavy atom. The zero-order valence-electron chi connectivity index (χ0n) is 16.3. The van der Waals surface area contributed by atoms with Crippen molar-refractivity contribution in [1.29, 1.82) is 0 Å². The zero-order valence-corrected chi connectivity index (χ0v) is 16.3. The van der Waals surface area contributed by atoms with Crippen molar-refractivity contribution in [3.8, 4) is 5.75 Å². The Morgan fingerprint density at radius 3 is 2.36 bits per heavy atom. The first-order chi connectivity index (χ1) is 12.9. The molecule has 2 heterocycles. The molecule has 2 aliphatic rings. The molecule has 0 aromatic heterocycles. The number of piperidine rings is 1. The van der Waals surface area contributed by atoms with Crippen molar-refractivity contribution in [3.05, 3.63) is 34.9 Å². The van der Waals surface area contributed by atoms with Gasteiger partial charge in [-0.2, -0.15) is 0 Å². The quantitative estimate of drug-likeness (QED) is 0.778. The number of hydrogen-bond donors (Lipinski definition) is 1. The Balaban J connectivity index is 1.93. The van der Waals surface area contributed by atoms with Crippen molar-refractivity contribution in [2.45, 2.75) is 51.7 Å². The Kier molecular flexibility index (Phi) is 4.85. The topological polar surface area (TPSA) is 76.1 Å². The number of likely N-dealkylation sites (tertiary alicyclic amines) is 1. The standard InChI is InChI=1S/C20H23F2NO5/c1-11(24)16-17(25)15-13(22)9-12(21)10-14(15)27-20(16)5-7-23(8-6-20)18(26)28-19(2,3)4/h9-10,25H,5-8H2,1-4H3. The third-order valence-corrected chi connectivity index (χ3v) is 4.83. The summed E-state index contributed by atoms with van der Waals surface area (Å²) in [6, 6.07) is 1.60. The van der Waals surface area contributed by atoms with Crippen LogP contribution in [0.5, 0.6) is 5.75 Å². The molecule has 0 aliphatic carbocycles. The number of amides is 1. The molecule has 0 bridgehead atoms. The molecular weight excluding hydrogens is 372 g/mol. The highest BCUT2D eigenvalue weighted by Crippen LogP contribution is 2.46. The van der Waals surface area contributed by atoms with E-state index in [0.717, 1.165) is 6.07 Å². The van der Waals surface area contributed by atoms with Gasteiger partial charge in [0, 0.05) is 38.1 Å². The highest BCUT2D eigenvalue weighted by atomic mass is 19.1. The first-order valence-electron chi connectivity index (χ1n) is 9.04. The predicted molar refractivity (Wildman–Crippen MR) is 97.0 cm³/mol. The number of aliphatic hydroxyl groups excluding tert-OH is 1. The monoisotopic (exact) mass is 395 g/mol. The number of carbonyl (C=O) groups is 2. The molecule has 1 saturated heterocycles. The normalized spacial score (nSPS) is 18.6. The van der Waals surface area contributed by atoms with Crippen molar-refractivity contribution < 1.29 is 33.0 Å². The van der Waals surface area contributed by atoms with E-state index in [9.17, 15) is 23.5 Å². The molecule has 28 heavy (non-hydrogen) atoms. The van der Waals surface area contributed by atoms with E-state index in [0.29, 0.717) is 6.07 Å². The molecule has 1 N–H and O–H groups in total. The molecule has 2 aliphatic heterocycles. The molecule has 0 saturated carbocycles. The van der Waals surface area contributed by atoms with Gasteiger partial charge in [-0.25, -0.2) is 13.6 Å². The van der Waals surface area contributed by atoms with E-state index >= 15 is 0 Å². The molecule has 0 unspecified atom stereocenters. The van der Waals surface area contributed by atoms with Gasteiger partial charge in [-0.15, -0.1) is 0 Å². The zero-order chi connectivity index (χ0) is 20.9. The number of ketones is 1. The van der Waals surface area contributed by atoms with Crippen LogP contribution >= 0.6 is 0 Å². The minimum absolute atomic E-state index is 0.0608. The number of benzene rings is 1. The number of fused-ring (bicyclic) bond motifs is 1. The van der Waals surface area contributed by atoms with Gasteiger partial charge in [0.1, 0.15) is 34.3 Å². The summed E-state index contributed by atoms with van der Waals surface area (Å²) < 4.78 is 39.1. The van der Waals surface area contributed by atoms with E-state index in [4.69, 9.17) is 9.47 Å². The molecule has 1 amide bonds. The third kappa shape index (κ3) is 3.55. The summed E-state index contributed by atoms with van der Waals surface area (Å²) >= 11 is 0. The lowest BCUT2D eigenvalue weighted by molar-refractivity contribution is -0.116. The number of halogens is 2. The van der Waals surface area contributed by atoms with E-state index in [1.54, 1.807) is 20.8 Å². The SMILES string of the molecule is CC(=O)C1=C(O)c2c(F)cc(F)cc2OC12CCN(C(=O)OC(C)(C)C)CC2. The van der Waals surface area contributed by atoms with Crippen LogP contribution in [-0.4, -0.2) is 46.2 Å². The number of ether oxygens (including phenoxy) is 2. The second-order valence-electron chi connectivity index (χ2n) is 8.10. The molecular formula is C20H23F2NO5. The van der Waals surface area contributed by atoms with Crippen LogP contribution in [0.1, 0.15) is 46.1 Å². The number of Topliss-reactive ketones (excluding diaryl/α,β-unsaturated/α-hetero) is 1. The number of hydrogen-bond acceptors (Lipinski definition) is 5. The third-order valence-electron chi connectivity index (χ3n) is 4.83. The molecule has 8 heteroatoms. The van der Waals surface area contributed by atoms with Gasteiger partial charge < -0.3 is 19.5 Å².